The fourth-order valence-electron chi connectivity index (χ4n) is 3.33. The number of carbonyl (C=O) groups excluding carboxylic acids is 1. The predicted molar refractivity (Wildman–Crippen MR) is 69.1 cm³/mol. The van der Waals surface area contributed by atoms with Gasteiger partial charge < -0.3 is 15.2 Å². The lowest BCUT2D eigenvalue weighted by Gasteiger charge is -2.29. The van der Waals surface area contributed by atoms with Crippen molar-refractivity contribution in [3.05, 3.63) is 0 Å². The topological polar surface area (TPSA) is 58.6 Å². The van der Waals surface area contributed by atoms with Gasteiger partial charge in [0.1, 0.15) is 0 Å². The van der Waals surface area contributed by atoms with Gasteiger partial charge in [0.25, 0.3) is 0 Å². The molecular weight excluding hydrogens is 230 g/mol. The van der Waals surface area contributed by atoms with E-state index in [0.717, 1.165) is 51.5 Å². The van der Waals surface area contributed by atoms with Crippen LogP contribution in [-0.2, 0) is 9.53 Å². The number of hydrogen-bond acceptors (Lipinski definition) is 4. The van der Waals surface area contributed by atoms with E-state index in [4.69, 9.17) is 4.74 Å². The molecule has 0 amide bonds. The summed E-state index contributed by atoms with van der Waals surface area (Å²) in [6.45, 7) is 0.889. The van der Waals surface area contributed by atoms with Crippen molar-refractivity contribution in [2.24, 2.45) is 11.8 Å². The van der Waals surface area contributed by atoms with Gasteiger partial charge in [-0.05, 0) is 38.0 Å². The molecule has 0 radical (unpaired) electrons. The summed E-state index contributed by atoms with van der Waals surface area (Å²) in [5, 5.41) is 13.3. The van der Waals surface area contributed by atoms with E-state index in [1.54, 1.807) is 0 Å². The van der Waals surface area contributed by atoms with E-state index in [1.165, 1.54) is 7.11 Å². The zero-order valence-corrected chi connectivity index (χ0v) is 11.2. The third-order valence-corrected chi connectivity index (χ3v) is 4.50. The van der Waals surface area contributed by atoms with Gasteiger partial charge in [0.2, 0.25) is 0 Å². The minimum Gasteiger partial charge on any atom is -0.469 e. The van der Waals surface area contributed by atoms with Crippen LogP contribution < -0.4 is 5.32 Å². The van der Waals surface area contributed by atoms with Crippen molar-refractivity contribution in [2.45, 2.75) is 57.1 Å². The number of ether oxygens (including phenoxy) is 1. The van der Waals surface area contributed by atoms with Crippen LogP contribution in [0, 0.1) is 11.8 Å². The highest BCUT2D eigenvalue weighted by molar-refractivity contribution is 5.72. The lowest BCUT2D eigenvalue weighted by atomic mass is 9.85. The Labute approximate surface area is 109 Å². The van der Waals surface area contributed by atoms with Gasteiger partial charge in [-0.15, -0.1) is 0 Å². The van der Waals surface area contributed by atoms with Crippen LogP contribution >= 0.6 is 0 Å². The number of carbonyl (C=O) groups is 1. The summed E-state index contributed by atoms with van der Waals surface area (Å²) in [4.78, 5) is 11.5. The number of hydrogen-bond donors (Lipinski definition) is 2. The van der Waals surface area contributed by atoms with E-state index < -0.39 is 0 Å². The lowest BCUT2D eigenvalue weighted by Crippen LogP contribution is -2.40. The number of esters is 1. The van der Waals surface area contributed by atoms with E-state index >= 15 is 0 Å². The second kappa shape index (κ2) is 6.53. The molecule has 2 rings (SSSR count). The van der Waals surface area contributed by atoms with Crippen LogP contribution in [-0.4, -0.2) is 36.9 Å². The molecule has 4 heteroatoms. The van der Waals surface area contributed by atoms with Crippen molar-refractivity contribution in [1.82, 2.24) is 5.32 Å². The van der Waals surface area contributed by atoms with Crippen LogP contribution in [0.25, 0.3) is 0 Å². The Morgan fingerprint density at radius 3 is 2.72 bits per heavy atom. The first-order valence-electron chi connectivity index (χ1n) is 7.20. The zero-order chi connectivity index (χ0) is 13.0. The second-order valence-corrected chi connectivity index (χ2v) is 5.75. The van der Waals surface area contributed by atoms with Gasteiger partial charge in [-0.1, -0.05) is 12.8 Å². The van der Waals surface area contributed by atoms with E-state index in [0.29, 0.717) is 12.0 Å². The molecule has 4 atom stereocenters. The van der Waals surface area contributed by atoms with Gasteiger partial charge >= 0.3 is 5.97 Å². The van der Waals surface area contributed by atoms with Crippen molar-refractivity contribution in [3.8, 4) is 0 Å². The first-order chi connectivity index (χ1) is 8.70. The standard InChI is InChI=1S/C14H25NO3/c1-18-14(17)10-4-2-6-12(8-10)15-9-11-5-3-7-13(11)16/h10-13,15-16H,2-9H2,1H3. The Balaban J connectivity index is 1.74. The Morgan fingerprint density at radius 1 is 1.28 bits per heavy atom. The van der Waals surface area contributed by atoms with Crippen molar-refractivity contribution >= 4 is 5.97 Å². The number of rotatable bonds is 4. The first kappa shape index (κ1) is 13.8. The smallest absolute Gasteiger partial charge is 0.308 e. The highest BCUT2D eigenvalue weighted by Crippen LogP contribution is 2.28. The molecule has 0 aromatic heterocycles. The summed E-state index contributed by atoms with van der Waals surface area (Å²) in [7, 11) is 1.47. The van der Waals surface area contributed by atoms with Crippen LogP contribution in [0.15, 0.2) is 0 Å². The molecule has 18 heavy (non-hydrogen) atoms. The van der Waals surface area contributed by atoms with E-state index in [-0.39, 0.29) is 18.0 Å². The van der Waals surface area contributed by atoms with Gasteiger partial charge in [-0.3, -0.25) is 4.79 Å². The normalized spacial score (nSPS) is 36.6. The molecule has 2 saturated carbocycles. The van der Waals surface area contributed by atoms with E-state index in [2.05, 4.69) is 5.32 Å². The van der Waals surface area contributed by atoms with Gasteiger partial charge in [0.15, 0.2) is 0 Å². The molecule has 0 saturated heterocycles. The lowest BCUT2D eigenvalue weighted by molar-refractivity contribution is -0.146. The molecule has 0 heterocycles. The van der Waals surface area contributed by atoms with Crippen LogP contribution in [0.1, 0.15) is 44.9 Å². The average Bonchev–Trinajstić information content (AvgIpc) is 2.81. The van der Waals surface area contributed by atoms with Crippen molar-refractivity contribution in [2.75, 3.05) is 13.7 Å². The van der Waals surface area contributed by atoms with Gasteiger partial charge in [0, 0.05) is 12.6 Å². The van der Waals surface area contributed by atoms with Crippen LogP contribution in [0.3, 0.4) is 0 Å². The van der Waals surface area contributed by atoms with Crippen molar-refractivity contribution in [3.63, 3.8) is 0 Å². The maximum absolute atomic E-state index is 11.5. The number of nitrogens with one attached hydrogen (secondary N) is 1. The monoisotopic (exact) mass is 255 g/mol. The van der Waals surface area contributed by atoms with Crippen LogP contribution in [0.4, 0.5) is 0 Å². The van der Waals surface area contributed by atoms with E-state index in [9.17, 15) is 9.90 Å². The van der Waals surface area contributed by atoms with Gasteiger partial charge in [0.05, 0.1) is 19.1 Å². The fourth-order valence-corrected chi connectivity index (χ4v) is 3.33. The van der Waals surface area contributed by atoms with E-state index in [1.807, 2.05) is 0 Å². The molecule has 0 aromatic rings. The van der Waals surface area contributed by atoms with Gasteiger partial charge in [-0.2, -0.15) is 0 Å². The molecule has 2 aliphatic rings. The molecule has 2 aliphatic carbocycles. The molecule has 0 spiro atoms. The summed E-state index contributed by atoms with van der Waals surface area (Å²) in [5.41, 5.74) is 0. The summed E-state index contributed by atoms with van der Waals surface area (Å²) in [6.07, 6.45) is 7.15. The minimum absolute atomic E-state index is 0.0646. The molecule has 0 bridgehead atoms. The third-order valence-electron chi connectivity index (χ3n) is 4.50. The summed E-state index contributed by atoms with van der Waals surface area (Å²) in [5.74, 6) is 0.403. The Bertz CT molecular complexity index is 282. The predicted octanol–water partition coefficient (Wildman–Crippen LogP) is 1.47. The summed E-state index contributed by atoms with van der Waals surface area (Å²) >= 11 is 0. The highest BCUT2D eigenvalue weighted by atomic mass is 16.5. The Hall–Kier alpha value is -0.610. The van der Waals surface area contributed by atoms with Crippen LogP contribution in [0.5, 0.6) is 0 Å². The zero-order valence-electron chi connectivity index (χ0n) is 11.2. The maximum Gasteiger partial charge on any atom is 0.308 e. The molecular formula is C14H25NO3. The quantitative estimate of drug-likeness (QED) is 0.747. The molecule has 2 N–H and O–H groups in total. The largest absolute Gasteiger partial charge is 0.469 e. The first-order valence-corrected chi connectivity index (χ1v) is 7.20. The molecule has 2 fully saturated rings. The van der Waals surface area contributed by atoms with Crippen molar-refractivity contribution in [1.29, 1.82) is 0 Å². The highest BCUT2D eigenvalue weighted by Gasteiger charge is 2.30. The maximum atomic E-state index is 11.5. The van der Waals surface area contributed by atoms with Crippen LogP contribution in [0.2, 0.25) is 0 Å². The molecule has 104 valence electrons. The Morgan fingerprint density at radius 2 is 2.06 bits per heavy atom. The molecule has 0 aliphatic heterocycles. The number of methoxy groups -OCH3 is 1. The van der Waals surface area contributed by atoms with Gasteiger partial charge in [-0.25, -0.2) is 0 Å². The molecule has 4 nitrogen and oxygen atoms in total. The third kappa shape index (κ3) is 3.45. The minimum atomic E-state index is -0.127. The second-order valence-electron chi connectivity index (χ2n) is 5.75. The fraction of sp³-hybridized carbons (Fsp3) is 0.929. The number of aliphatic hydroxyl groups is 1. The molecule has 0 aromatic carbocycles. The van der Waals surface area contributed by atoms with Crippen molar-refractivity contribution < 1.29 is 14.6 Å². The summed E-state index contributed by atoms with van der Waals surface area (Å²) < 4.78 is 4.83. The average molecular weight is 255 g/mol. The number of aliphatic hydroxyl groups excluding tert-OH is 1. The Kier molecular flexibility index (Phi) is 5.01. The SMILES string of the molecule is COC(=O)C1CCCC(NCC2CCCC2O)C1. The molecule has 4 unspecified atom stereocenters. The summed E-state index contributed by atoms with van der Waals surface area (Å²) in [6, 6.07) is 0.413.